The highest BCUT2D eigenvalue weighted by atomic mass is 32.2. The van der Waals surface area contributed by atoms with Crippen LogP contribution in [0.15, 0.2) is 48.5 Å². The van der Waals surface area contributed by atoms with E-state index in [1.807, 2.05) is 12.1 Å². The third-order valence-corrected chi connectivity index (χ3v) is 4.84. The van der Waals surface area contributed by atoms with Crippen LogP contribution in [0.5, 0.6) is 11.5 Å². The van der Waals surface area contributed by atoms with Crippen molar-refractivity contribution in [2.75, 3.05) is 31.3 Å². The lowest BCUT2D eigenvalue weighted by Crippen LogP contribution is -2.40. The van der Waals surface area contributed by atoms with Crippen molar-refractivity contribution in [2.24, 2.45) is 0 Å². The Kier molecular flexibility index (Phi) is 6.46. The Labute approximate surface area is 153 Å². The van der Waals surface area contributed by atoms with Gasteiger partial charge in [0.25, 0.3) is 0 Å². The maximum absolute atomic E-state index is 12.2. The predicted octanol–water partition coefficient (Wildman–Crippen LogP) is 1.79. The van der Waals surface area contributed by atoms with Crippen LogP contribution in [0.1, 0.15) is 5.56 Å². The Morgan fingerprint density at radius 2 is 1.46 bits per heavy atom. The molecule has 0 unspecified atom stereocenters. The number of carbonyl (C=O) groups excluding carboxylic acids is 1. The molecular weight excluding hydrogens is 356 g/mol. The molecule has 0 saturated heterocycles. The molecule has 0 saturated carbocycles. The average Bonchev–Trinajstić information content (AvgIpc) is 2.64. The summed E-state index contributed by atoms with van der Waals surface area (Å²) in [5.74, 6) is 0.927. The molecule has 140 valence electrons. The van der Waals surface area contributed by atoms with Gasteiger partial charge in [0.2, 0.25) is 15.9 Å². The summed E-state index contributed by atoms with van der Waals surface area (Å²) in [6.07, 6.45) is 1.06. The Bertz CT molecular complexity index is 833. The summed E-state index contributed by atoms with van der Waals surface area (Å²) in [7, 11) is -0.507. The van der Waals surface area contributed by atoms with Gasteiger partial charge in [0.1, 0.15) is 18.0 Å². The van der Waals surface area contributed by atoms with Gasteiger partial charge in [0.05, 0.1) is 26.2 Å². The minimum atomic E-state index is -3.61. The summed E-state index contributed by atoms with van der Waals surface area (Å²) in [4.78, 5) is 12.2. The smallest absolute Gasteiger partial charge is 0.241 e. The van der Waals surface area contributed by atoms with E-state index in [1.54, 1.807) is 43.5 Å². The predicted molar refractivity (Wildman–Crippen MR) is 100 cm³/mol. The van der Waals surface area contributed by atoms with Gasteiger partial charge in [-0.05, 0) is 42.0 Å². The molecule has 1 N–H and O–H groups in total. The summed E-state index contributed by atoms with van der Waals surface area (Å²) in [6.45, 7) is -0.00956. The maximum Gasteiger partial charge on any atom is 0.241 e. The minimum absolute atomic E-state index is 0.295. The van der Waals surface area contributed by atoms with Crippen molar-refractivity contribution in [1.29, 1.82) is 0 Å². The third-order valence-electron chi connectivity index (χ3n) is 3.70. The summed E-state index contributed by atoms with van der Waals surface area (Å²) in [5, 5.41) is 2.72. The van der Waals surface area contributed by atoms with E-state index >= 15 is 0 Å². The zero-order chi connectivity index (χ0) is 19.2. The minimum Gasteiger partial charge on any atom is -0.497 e. The van der Waals surface area contributed by atoms with Gasteiger partial charge >= 0.3 is 0 Å². The molecule has 0 aromatic heterocycles. The van der Waals surface area contributed by atoms with E-state index in [2.05, 4.69) is 5.32 Å². The molecule has 0 aliphatic carbocycles. The van der Waals surface area contributed by atoms with Gasteiger partial charge in [-0.1, -0.05) is 12.1 Å². The van der Waals surface area contributed by atoms with Gasteiger partial charge < -0.3 is 14.8 Å². The number of carbonyl (C=O) groups is 1. The fraction of sp³-hybridized carbons (Fsp3) is 0.278. The van der Waals surface area contributed by atoms with Crippen molar-refractivity contribution < 1.29 is 22.7 Å². The average molecular weight is 378 g/mol. The third kappa shape index (κ3) is 5.38. The number of hydrogen-bond acceptors (Lipinski definition) is 5. The summed E-state index contributed by atoms with van der Waals surface area (Å²) in [6, 6.07) is 13.7. The van der Waals surface area contributed by atoms with E-state index in [1.165, 1.54) is 7.11 Å². The van der Waals surface area contributed by atoms with Crippen molar-refractivity contribution in [1.82, 2.24) is 5.32 Å². The van der Waals surface area contributed by atoms with Gasteiger partial charge in [-0.15, -0.1) is 0 Å². The monoisotopic (exact) mass is 378 g/mol. The number of anilines is 1. The number of rotatable bonds is 8. The highest BCUT2D eigenvalue weighted by molar-refractivity contribution is 7.92. The molecular formula is C18H22N2O5S. The lowest BCUT2D eigenvalue weighted by atomic mass is 10.2. The van der Waals surface area contributed by atoms with Gasteiger partial charge in [-0.3, -0.25) is 9.10 Å². The number of nitrogens with one attached hydrogen (secondary N) is 1. The van der Waals surface area contributed by atoms with Crippen LogP contribution in [0.3, 0.4) is 0 Å². The normalized spacial score (nSPS) is 10.9. The molecule has 2 aromatic carbocycles. The fourth-order valence-electron chi connectivity index (χ4n) is 2.28. The van der Waals surface area contributed by atoms with Crippen LogP contribution < -0.4 is 19.1 Å². The molecule has 0 aliphatic rings. The number of amides is 1. The number of ether oxygens (including phenoxy) is 2. The van der Waals surface area contributed by atoms with Crippen LogP contribution in [0.25, 0.3) is 0 Å². The summed E-state index contributed by atoms with van der Waals surface area (Å²) >= 11 is 0. The van der Waals surface area contributed by atoms with E-state index in [0.29, 0.717) is 18.0 Å². The number of nitrogens with zero attached hydrogens (tertiary/aromatic N) is 1. The van der Waals surface area contributed by atoms with Crippen molar-refractivity contribution >= 4 is 21.6 Å². The molecule has 1 amide bonds. The first kappa shape index (κ1) is 19.6. The van der Waals surface area contributed by atoms with E-state index in [0.717, 1.165) is 21.9 Å². The quantitative estimate of drug-likeness (QED) is 0.757. The molecule has 0 fully saturated rings. The highest BCUT2D eigenvalue weighted by Crippen LogP contribution is 2.21. The van der Waals surface area contributed by atoms with Crippen LogP contribution in [0, 0.1) is 0 Å². The first-order valence-corrected chi connectivity index (χ1v) is 9.69. The molecule has 0 spiro atoms. The largest absolute Gasteiger partial charge is 0.497 e. The second-order valence-electron chi connectivity index (χ2n) is 5.59. The number of sulfonamides is 1. The topological polar surface area (TPSA) is 84.9 Å². The van der Waals surface area contributed by atoms with Crippen LogP contribution in [-0.2, 0) is 21.4 Å². The standard InChI is InChI=1S/C18H22N2O5S/c1-24-16-8-4-14(5-9-16)12-19-18(21)13-20(26(3,22)23)15-6-10-17(25-2)11-7-15/h4-11H,12-13H2,1-3H3,(H,19,21). The van der Waals surface area contributed by atoms with Crippen molar-refractivity contribution in [3.8, 4) is 11.5 Å². The van der Waals surface area contributed by atoms with Crippen LogP contribution in [-0.4, -0.2) is 41.3 Å². The lowest BCUT2D eigenvalue weighted by molar-refractivity contribution is -0.119. The molecule has 26 heavy (non-hydrogen) atoms. The molecule has 0 radical (unpaired) electrons. The highest BCUT2D eigenvalue weighted by Gasteiger charge is 2.20. The zero-order valence-electron chi connectivity index (χ0n) is 14.9. The Balaban J connectivity index is 2.03. The molecule has 0 atom stereocenters. The number of benzene rings is 2. The Morgan fingerprint density at radius 3 is 1.92 bits per heavy atom. The number of methoxy groups -OCH3 is 2. The first-order chi connectivity index (χ1) is 12.3. The first-order valence-electron chi connectivity index (χ1n) is 7.85. The van der Waals surface area contributed by atoms with E-state index in [4.69, 9.17) is 9.47 Å². The molecule has 2 rings (SSSR count). The molecule has 0 aliphatic heterocycles. The summed E-state index contributed by atoms with van der Waals surface area (Å²) < 4.78 is 35.3. The molecule has 2 aromatic rings. The van der Waals surface area contributed by atoms with Gasteiger partial charge in [-0.25, -0.2) is 8.42 Å². The molecule has 0 heterocycles. The maximum atomic E-state index is 12.2. The van der Waals surface area contributed by atoms with Crippen molar-refractivity contribution in [3.63, 3.8) is 0 Å². The molecule has 8 heteroatoms. The van der Waals surface area contributed by atoms with Gasteiger partial charge in [0.15, 0.2) is 0 Å². The van der Waals surface area contributed by atoms with Gasteiger partial charge in [0, 0.05) is 6.54 Å². The van der Waals surface area contributed by atoms with Crippen molar-refractivity contribution in [3.05, 3.63) is 54.1 Å². The SMILES string of the molecule is COc1ccc(CNC(=O)CN(c2ccc(OC)cc2)S(C)(=O)=O)cc1. The van der Waals surface area contributed by atoms with E-state index in [9.17, 15) is 13.2 Å². The second kappa shape index (κ2) is 8.57. The number of hydrogen-bond donors (Lipinski definition) is 1. The van der Waals surface area contributed by atoms with E-state index < -0.39 is 15.9 Å². The second-order valence-corrected chi connectivity index (χ2v) is 7.50. The van der Waals surface area contributed by atoms with Crippen LogP contribution in [0.2, 0.25) is 0 Å². The molecule has 7 nitrogen and oxygen atoms in total. The van der Waals surface area contributed by atoms with Crippen molar-refractivity contribution in [2.45, 2.75) is 6.54 Å². The lowest BCUT2D eigenvalue weighted by Gasteiger charge is -2.22. The fourth-order valence-corrected chi connectivity index (χ4v) is 3.14. The Morgan fingerprint density at radius 1 is 0.962 bits per heavy atom. The Hall–Kier alpha value is -2.74. The van der Waals surface area contributed by atoms with E-state index in [-0.39, 0.29) is 6.54 Å². The molecule has 0 bridgehead atoms. The summed E-state index contributed by atoms with van der Waals surface area (Å²) in [5.41, 5.74) is 1.28. The van der Waals surface area contributed by atoms with Crippen LogP contribution >= 0.6 is 0 Å². The zero-order valence-corrected chi connectivity index (χ0v) is 15.7. The van der Waals surface area contributed by atoms with Crippen LogP contribution in [0.4, 0.5) is 5.69 Å². The van der Waals surface area contributed by atoms with Gasteiger partial charge in [-0.2, -0.15) is 0 Å².